The molecule has 4 unspecified atom stereocenters. The topological polar surface area (TPSA) is 44.4 Å². The van der Waals surface area contributed by atoms with Gasteiger partial charge in [-0.3, -0.25) is 9.69 Å². The van der Waals surface area contributed by atoms with Gasteiger partial charge in [0.15, 0.2) is 0 Å². The molecule has 0 aromatic rings. The van der Waals surface area contributed by atoms with Crippen LogP contribution in [0.4, 0.5) is 0 Å². The van der Waals surface area contributed by atoms with Crippen molar-refractivity contribution in [3.8, 4) is 0 Å². The minimum absolute atomic E-state index is 0.187. The summed E-state index contributed by atoms with van der Waals surface area (Å²) in [5.41, 5.74) is 0. The molecule has 1 amide bonds. The quantitative estimate of drug-likeness (QED) is 0.662. The molecule has 0 radical (unpaired) electrons. The maximum absolute atomic E-state index is 12.1. The largest absolute Gasteiger partial charge is 0.352 e. The lowest BCUT2D eigenvalue weighted by atomic mass is 9.84. The van der Waals surface area contributed by atoms with Gasteiger partial charge in [-0.2, -0.15) is 0 Å². The highest BCUT2D eigenvalue weighted by Crippen LogP contribution is 2.49. The van der Waals surface area contributed by atoms with Gasteiger partial charge in [0.1, 0.15) is 0 Å². The summed E-state index contributed by atoms with van der Waals surface area (Å²) in [7, 11) is 3.99. The maximum atomic E-state index is 12.1. The van der Waals surface area contributed by atoms with E-state index in [4.69, 9.17) is 0 Å². The van der Waals surface area contributed by atoms with Crippen LogP contribution in [0.25, 0.3) is 0 Å². The number of nitrogens with one attached hydrogen (secondary N) is 2. The molecule has 2 fully saturated rings. The third kappa shape index (κ3) is 4.19. The molecule has 0 aromatic carbocycles. The Balaban J connectivity index is 1.66. The lowest BCUT2D eigenvalue weighted by Gasteiger charge is -2.29. The average molecular weight is 281 g/mol. The number of rotatable bonds is 8. The summed E-state index contributed by atoms with van der Waals surface area (Å²) in [4.78, 5) is 14.2. The first kappa shape index (κ1) is 15.8. The Labute approximate surface area is 123 Å². The van der Waals surface area contributed by atoms with Crippen LogP contribution in [0.5, 0.6) is 0 Å². The third-order valence-corrected chi connectivity index (χ3v) is 5.20. The highest BCUT2D eigenvalue weighted by molar-refractivity contribution is 5.78. The van der Waals surface area contributed by atoms with E-state index >= 15 is 0 Å². The number of carbonyl (C=O) groups excluding carboxylic acids is 1. The Kier molecular flexibility index (Phi) is 5.85. The van der Waals surface area contributed by atoms with E-state index in [1.165, 1.54) is 25.7 Å². The molecule has 20 heavy (non-hydrogen) atoms. The molecule has 0 saturated heterocycles. The molecule has 4 nitrogen and oxygen atoms in total. The fraction of sp³-hybridized carbons (Fsp3) is 0.938. The van der Waals surface area contributed by atoms with Crippen LogP contribution < -0.4 is 10.6 Å². The van der Waals surface area contributed by atoms with Gasteiger partial charge in [0.2, 0.25) is 5.91 Å². The van der Waals surface area contributed by atoms with Crippen molar-refractivity contribution < 1.29 is 4.79 Å². The first-order valence-corrected chi connectivity index (χ1v) is 8.22. The van der Waals surface area contributed by atoms with Crippen molar-refractivity contribution in [2.75, 3.05) is 33.7 Å². The number of fused-ring (bicyclic) bond motifs is 2. The molecule has 2 aliphatic rings. The van der Waals surface area contributed by atoms with Crippen molar-refractivity contribution in [1.82, 2.24) is 15.5 Å². The van der Waals surface area contributed by atoms with Crippen molar-refractivity contribution >= 4 is 5.91 Å². The van der Waals surface area contributed by atoms with Gasteiger partial charge in [-0.15, -0.1) is 0 Å². The molecule has 2 bridgehead atoms. The third-order valence-electron chi connectivity index (χ3n) is 5.20. The zero-order valence-electron chi connectivity index (χ0n) is 13.3. The van der Waals surface area contributed by atoms with E-state index in [0.29, 0.717) is 12.6 Å². The fourth-order valence-corrected chi connectivity index (χ4v) is 4.16. The van der Waals surface area contributed by atoms with Crippen LogP contribution in [0.1, 0.15) is 39.0 Å². The molecule has 116 valence electrons. The Morgan fingerprint density at radius 2 is 2.15 bits per heavy atom. The molecule has 2 saturated carbocycles. The van der Waals surface area contributed by atoms with Crippen LogP contribution in [0.3, 0.4) is 0 Å². The first-order chi connectivity index (χ1) is 9.60. The van der Waals surface area contributed by atoms with Crippen molar-refractivity contribution in [3.05, 3.63) is 0 Å². The highest BCUT2D eigenvalue weighted by atomic mass is 16.2. The Morgan fingerprint density at radius 3 is 2.75 bits per heavy atom. The van der Waals surface area contributed by atoms with Gasteiger partial charge in [-0.25, -0.2) is 0 Å². The minimum Gasteiger partial charge on any atom is -0.352 e. The van der Waals surface area contributed by atoms with E-state index in [9.17, 15) is 4.79 Å². The van der Waals surface area contributed by atoms with Crippen LogP contribution >= 0.6 is 0 Å². The molecule has 2 N–H and O–H groups in total. The Hall–Kier alpha value is -0.610. The molecule has 0 aliphatic heterocycles. The summed E-state index contributed by atoms with van der Waals surface area (Å²) >= 11 is 0. The maximum Gasteiger partial charge on any atom is 0.234 e. The van der Waals surface area contributed by atoms with E-state index in [2.05, 4.69) is 22.5 Å². The molecular formula is C16H31N3O. The van der Waals surface area contributed by atoms with Crippen molar-refractivity contribution in [2.45, 2.75) is 45.1 Å². The number of hydrogen-bond acceptors (Lipinski definition) is 3. The van der Waals surface area contributed by atoms with Gasteiger partial charge < -0.3 is 10.6 Å². The normalized spacial score (nSPS) is 29.9. The lowest BCUT2D eigenvalue weighted by molar-refractivity contribution is -0.123. The minimum atomic E-state index is 0.187. The standard InChI is InChI=1S/C16H31N3O/c1-12(15-10-13-5-6-14(15)9-13)18-16(20)11-19(3)8-4-7-17-2/h12-15,17H,4-11H2,1-3H3,(H,18,20). The van der Waals surface area contributed by atoms with Crippen LogP contribution in [0.15, 0.2) is 0 Å². The molecule has 4 heteroatoms. The SMILES string of the molecule is CNCCCN(C)CC(=O)NC(C)C1CC2CCC1C2. The molecule has 0 spiro atoms. The summed E-state index contributed by atoms with van der Waals surface area (Å²) in [6.45, 7) is 4.70. The van der Waals surface area contributed by atoms with E-state index < -0.39 is 0 Å². The second-order valence-electron chi connectivity index (χ2n) is 6.89. The van der Waals surface area contributed by atoms with Crippen molar-refractivity contribution in [1.29, 1.82) is 0 Å². The number of nitrogens with zero attached hydrogens (tertiary/aromatic N) is 1. The predicted molar refractivity (Wildman–Crippen MR) is 82.6 cm³/mol. The van der Waals surface area contributed by atoms with Gasteiger partial charge in [-0.05, 0) is 77.5 Å². The van der Waals surface area contributed by atoms with Gasteiger partial charge in [-0.1, -0.05) is 6.42 Å². The van der Waals surface area contributed by atoms with Crippen LogP contribution in [-0.4, -0.2) is 50.6 Å². The van der Waals surface area contributed by atoms with Gasteiger partial charge in [0, 0.05) is 6.04 Å². The Bertz CT molecular complexity index is 321. The predicted octanol–water partition coefficient (Wildman–Crippen LogP) is 1.47. The Morgan fingerprint density at radius 1 is 1.35 bits per heavy atom. The van der Waals surface area contributed by atoms with E-state index in [-0.39, 0.29) is 5.91 Å². The van der Waals surface area contributed by atoms with Crippen LogP contribution in [-0.2, 0) is 4.79 Å². The van der Waals surface area contributed by atoms with Crippen molar-refractivity contribution in [3.63, 3.8) is 0 Å². The summed E-state index contributed by atoms with van der Waals surface area (Å²) < 4.78 is 0. The molecule has 4 atom stereocenters. The number of likely N-dealkylation sites (N-methyl/N-ethyl adjacent to an activating group) is 1. The average Bonchev–Trinajstić information content (AvgIpc) is 3.00. The summed E-state index contributed by atoms with van der Waals surface area (Å²) in [5, 5.41) is 6.37. The summed E-state index contributed by atoms with van der Waals surface area (Å²) in [6.07, 6.45) is 6.65. The van der Waals surface area contributed by atoms with E-state index in [1.54, 1.807) is 0 Å². The second-order valence-corrected chi connectivity index (χ2v) is 6.89. The number of amides is 1. The van der Waals surface area contributed by atoms with Crippen molar-refractivity contribution in [2.24, 2.45) is 17.8 Å². The van der Waals surface area contributed by atoms with E-state index in [0.717, 1.165) is 37.3 Å². The van der Waals surface area contributed by atoms with Gasteiger partial charge in [0.05, 0.1) is 6.54 Å². The van der Waals surface area contributed by atoms with Gasteiger partial charge in [0.25, 0.3) is 0 Å². The number of hydrogen-bond donors (Lipinski definition) is 2. The molecule has 2 rings (SSSR count). The van der Waals surface area contributed by atoms with Gasteiger partial charge >= 0.3 is 0 Å². The molecular weight excluding hydrogens is 250 g/mol. The number of carbonyl (C=O) groups is 1. The smallest absolute Gasteiger partial charge is 0.234 e. The molecule has 0 heterocycles. The lowest BCUT2D eigenvalue weighted by Crippen LogP contribution is -2.44. The second kappa shape index (κ2) is 7.41. The fourth-order valence-electron chi connectivity index (χ4n) is 4.16. The van der Waals surface area contributed by atoms with Crippen LogP contribution in [0.2, 0.25) is 0 Å². The summed E-state index contributed by atoms with van der Waals surface area (Å²) in [5.74, 6) is 2.75. The monoisotopic (exact) mass is 281 g/mol. The zero-order chi connectivity index (χ0) is 14.5. The summed E-state index contributed by atoms with van der Waals surface area (Å²) in [6, 6.07) is 0.350. The van der Waals surface area contributed by atoms with Crippen LogP contribution in [0, 0.1) is 17.8 Å². The first-order valence-electron chi connectivity index (χ1n) is 8.22. The molecule has 2 aliphatic carbocycles. The van der Waals surface area contributed by atoms with E-state index in [1.807, 2.05) is 14.1 Å². The highest BCUT2D eigenvalue weighted by Gasteiger charge is 2.42. The zero-order valence-corrected chi connectivity index (χ0v) is 13.3. The molecule has 0 aromatic heterocycles.